The number of anilines is 1. The summed E-state index contributed by atoms with van der Waals surface area (Å²) < 4.78 is 6.01. The number of carboxylic acids is 1. The van der Waals surface area contributed by atoms with Crippen molar-refractivity contribution in [1.29, 1.82) is 0 Å². The van der Waals surface area contributed by atoms with Crippen LogP contribution in [0.1, 0.15) is 16.1 Å². The Morgan fingerprint density at radius 1 is 1.20 bits per heavy atom. The second kappa shape index (κ2) is 7.50. The lowest BCUT2D eigenvalue weighted by Crippen LogP contribution is -2.10. The number of halogens is 1. The van der Waals surface area contributed by atoms with Crippen LogP contribution in [0.5, 0.6) is 0 Å². The summed E-state index contributed by atoms with van der Waals surface area (Å²) in [5.74, 6) is -0.988. The molecule has 0 spiro atoms. The second-order valence-electron chi connectivity index (χ2n) is 5.00. The van der Waals surface area contributed by atoms with Crippen LogP contribution < -0.4 is 5.32 Å². The minimum absolute atomic E-state index is 0.0760. The molecule has 0 bridgehead atoms. The monoisotopic (exact) mass is 417 g/mol. The Morgan fingerprint density at radius 3 is 2.60 bits per heavy atom. The molecule has 7 heteroatoms. The summed E-state index contributed by atoms with van der Waals surface area (Å²) >= 11 is 4.62. The molecule has 0 saturated carbocycles. The van der Waals surface area contributed by atoms with Gasteiger partial charge in [-0.05, 0) is 35.9 Å². The van der Waals surface area contributed by atoms with Crippen LogP contribution in [0.3, 0.4) is 0 Å². The Labute approximate surface area is 155 Å². The predicted octanol–water partition coefficient (Wildman–Crippen LogP) is 5.12. The third kappa shape index (κ3) is 4.07. The fourth-order valence-corrected chi connectivity index (χ4v) is 3.46. The number of aromatic carboxylic acids is 1. The van der Waals surface area contributed by atoms with Gasteiger partial charge in [0.05, 0.1) is 16.8 Å². The molecule has 0 aliphatic rings. The molecule has 0 saturated heterocycles. The summed E-state index contributed by atoms with van der Waals surface area (Å²) in [4.78, 5) is 24.3. The molecular formula is C18H12BrNO4S. The number of rotatable bonds is 5. The smallest absolute Gasteiger partial charge is 0.339 e. The van der Waals surface area contributed by atoms with Gasteiger partial charge in [-0.2, -0.15) is 0 Å². The first-order valence-electron chi connectivity index (χ1n) is 7.18. The summed E-state index contributed by atoms with van der Waals surface area (Å²) in [7, 11) is 0. The Kier molecular flexibility index (Phi) is 5.16. The molecule has 0 unspecified atom stereocenters. The first-order chi connectivity index (χ1) is 12.0. The van der Waals surface area contributed by atoms with Crippen LogP contribution in [0, 0.1) is 0 Å². The maximum Gasteiger partial charge on any atom is 0.339 e. The van der Waals surface area contributed by atoms with E-state index in [2.05, 4.69) is 21.2 Å². The molecule has 25 heavy (non-hydrogen) atoms. The van der Waals surface area contributed by atoms with E-state index in [-0.39, 0.29) is 11.3 Å². The summed E-state index contributed by atoms with van der Waals surface area (Å²) in [5, 5.41) is 13.8. The minimum Gasteiger partial charge on any atom is -0.478 e. The van der Waals surface area contributed by atoms with E-state index >= 15 is 0 Å². The lowest BCUT2D eigenvalue weighted by molar-refractivity contribution is -0.111. The lowest BCUT2D eigenvalue weighted by Gasteiger charge is -2.04. The summed E-state index contributed by atoms with van der Waals surface area (Å²) in [6, 6.07) is 10.7. The van der Waals surface area contributed by atoms with Gasteiger partial charge in [0, 0.05) is 15.9 Å². The van der Waals surface area contributed by atoms with Crippen molar-refractivity contribution in [2.45, 2.75) is 0 Å². The zero-order chi connectivity index (χ0) is 17.8. The van der Waals surface area contributed by atoms with E-state index < -0.39 is 11.9 Å². The number of carbonyl (C=O) groups excluding carboxylic acids is 1. The molecule has 2 heterocycles. The van der Waals surface area contributed by atoms with E-state index in [4.69, 9.17) is 4.42 Å². The molecule has 2 N–H and O–H groups in total. The van der Waals surface area contributed by atoms with Crippen molar-refractivity contribution in [3.8, 4) is 10.4 Å². The van der Waals surface area contributed by atoms with Gasteiger partial charge in [0.1, 0.15) is 11.3 Å². The average molecular weight is 418 g/mol. The van der Waals surface area contributed by atoms with E-state index in [0.717, 1.165) is 10.0 Å². The van der Waals surface area contributed by atoms with Gasteiger partial charge in [-0.15, -0.1) is 11.3 Å². The van der Waals surface area contributed by atoms with E-state index in [1.54, 1.807) is 17.5 Å². The SMILES string of the molecule is O=C(/C=C/c1ccco1)Nc1csc(-c2ccc(Br)cc2)c1C(=O)O. The van der Waals surface area contributed by atoms with Crippen molar-refractivity contribution in [1.82, 2.24) is 0 Å². The lowest BCUT2D eigenvalue weighted by atomic mass is 10.1. The summed E-state index contributed by atoms with van der Waals surface area (Å²) in [5.41, 5.74) is 1.12. The zero-order valence-electron chi connectivity index (χ0n) is 12.7. The molecule has 3 aromatic rings. The molecule has 0 atom stereocenters. The number of thiophene rings is 1. The molecule has 1 amide bonds. The highest BCUT2D eigenvalue weighted by Crippen LogP contribution is 2.36. The third-order valence-electron chi connectivity index (χ3n) is 3.31. The maximum absolute atomic E-state index is 12.0. The highest BCUT2D eigenvalue weighted by Gasteiger charge is 2.20. The highest BCUT2D eigenvalue weighted by molar-refractivity contribution is 9.10. The van der Waals surface area contributed by atoms with Crippen LogP contribution in [-0.4, -0.2) is 17.0 Å². The molecule has 2 aromatic heterocycles. The fraction of sp³-hybridized carbons (Fsp3) is 0. The largest absolute Gasteiger partial charge is 0.478 e. The first kappa shape index (κ1) is 17.2. The number of benzene rings is 1. The van der Waals surface area contributed by atoms with Gasteiger partial charge in [-0.3, -0.25) is 4.79 Å². The van der Waals surface area contributed by atoms with Crippen LogP contribution in [0.4, 0.5) is 5.69 Å². The van der Waals surface area contributed by atoms with Crippen molar-refractivity contribution in [3.05, 3.63) is 69.9 Å². The third-order valence-corrected chi connectivity index (χ3v) is 4.87. The molecule has 5 nitrogen and oxygen atoms in total. The molecule has 0 radical (unpaired) electrons. The number of hydrogen-bond donors (Lipinski definition) is 2. The van der Waals surface area contributed by atoms with E-state index in [0.29, 0.717) is 10.6 Å². The second-order valence-corrected chi connectivity index (χ2v) is 6.80. The van der Waals surface area contributed by atoms with E-state index in [9.17, 15) is 14.7 Å². The number of nitrogens with one attached hydrogen (secondary N) is 1. The minimum atomic E-state index is -1.09. The van der Waals surface area contributed by atoms with Crippen LogP contribution in [0.15, 0.2) is 63.0 Å². The van der Waals surface area contributed by atoms with Crippen LogP contribution in [0.2, 0.25) is 0 Å². The van der Waals surface area contributed by atoms with Crippen LogP contribution >= 0.6 is 27.3 Å². The van der Waals surface area contributed by atoms with Crippen molar-refractivity contribution in [2.24, 2.45) is 0 Å². The molecule has 0 aliphatic heterocycles. The van der Waals surface area contributed by atoms with Crippen LogP contribution in [0.25, 0.3) is 16.5 Å². The van der Waals surface area contributed by atoms with Gasteiger partial charge in [-0.25, -0.2) is 4.79 Å². The van der Waals surface area contributed by atoms with Crippen molar-refractivity contribution >= 4 is 50.9 Å². The normalized spacial score (nSPS) is 10.9. The van der Waals surface area contributed by atoms with Gasteiger partial charge in [0.25, 0.3) is 0 Å². The molecule has 0 fully saturated rings. The quantitative estimate of drug-likeness (QED) is 0.564. The van der Waals surface area contributed by atoms with Gasteiger partial charge < -0.3 is 14.8 Å². The Morgan fingerprint density at radius 2 is 1.96 bits per heavy atom. The number of carboxylic acid groups (broad SMARTS) is 1. The Bertz CT molecular complexity index is 927. The number of hydrogen-bond acceptors (Lipinski definition) is 4. The van der Waals surface area contributed by atoms with Crippen molar-refractivity contribution in [2.75, 3.05) is 5.32 Å². The molecular weight excluding hydrogens is 406 g/mol. The molecule has 126 valence electrons. The van der Waals surface area contributed by atoms with E-state index in [1.165, 1.54) is 29.8 Å². The highest BCUT2D eigenvalue weighted by atomic mass is 79.9. The first-order valence-corrected chi connectivity index (χ1v) is 8.85. The maximum atomic E-state index is 12.0. The summed E-state index contributed by atoms with van der Waals surface area (Å²) in [6.07, 6.45) is 4.31. The average Bonchev–Trinajstić information content (AvgIpc) is 3.23. The molecule has 1 aromatic carbocycles. The standard InChI is InChI=1S/C18H12BrNO4S/c19-12-5-3-11(4-6-12)17-16(18(22)23)14(10-25-17)20-15(21)8-7-13-2-1-9-24-13/h1-10H,(H,20,21)(H,22,23)/b8-7+. The Hall–Kier alpha value is -2.64. The Balaban J connectivity index is 1.85. The topological polar surface area (TPSA) is 79.5 Å². The summed E-state index contributed by atoms with van der Waals surface area (Å²) in [6.45, 7) is 0. The van der Waals surface area contributed by atoms with Gasteiger partial charge >= 0.3 is 5.97 Å². The fourth-order valence-electron chi connectivity index (χ4n) is 2.19. The number of amides is 1. The predicted molar refractivity (Wildman–Crippen MR) is 101 cm³/mol. The molecule has 0 aliphatic carbocycles. The van der Waals surface area contributed by atoms with Gasteiger partial charge in [-0.1, -0.05) is 28.1 Å². The van der Waals surface area contributed by atoms with E-state index in [1.807, 2.05) is 24.3 Å². The van der Waals surface area contributed by atoms with Gasteiger partial charge in [0.15, 0.2) is 0 Å². The van der Waals surface area contributed by atoms with Crippen molar-refractivity contribution < 1.29 is 19.1 Å². The van der Waals surface area contributed by atoms with Gasteiger partial charge in [0.2, 0.25) is 5.91 Å². The molecule has 3 rings (SSSR count). The number of furan rings is 1. The van der Waals surface area contributed by atoms with Crippen LogP contribution in [-0.2, 0) is 4.79 Å². The zero-order valence-corrected chi connectivity index (χ0v) is 15.1. The van der Waals surface area contributed by atoms with Crippen molar-refractivity contribution in [3.63, 3.8) is 0 Å². The number of carbonyl (C=O) groups is 2.